The molecule has 1 aliphatic heterocycles. The smallest absolute Gasteiger partial charge is 0.237 e. The minimum absolute atomic E-state index is 0.0547. The Morgan fingerprint density at radius 3 is 2.69 bits per heavy atom. The number of piperidine rings is 1. The van der Waals surface area contributed by atoms with E-state index in [1.54, 1.807) is 4.90 Å². The van der Waals surface area contributed by atoms with Crippen molar-refractivity contribution in [2.24, 2.45) is 0 Å². The average Bonchev–Trinajstić information content (AvgIpc) is 2.60. The molecule has 0 spiro atoms. The summed E-state index contributed by atoms with van der Waals surface area (Å²) in [4.78, 5) is 25.6. The number of carbonyl (C=O) groups is 2. The van der Waals surface area contributed by atoms with Crippen molar-refractivity contribution in [3.8, 4) is 5.75 Å². The molecular formula is C18H22Cl2N2O4. The van der Waals surface area contributed by atoms with E-state index in [1.807, 2.05) is 0 Å². The standard InChI is InChI=1S/C18H22Cl2N2O4/c19-14-1-2-15(25)17(18(14)20)10-3-4-22(12(5-10)9-23)16(26)8-21-11-6-13(24)7-11/h1-2,9-13,21,24-25H,3-8H2/t10-,11?,12+,13?/m1/s1. The van der Waals surface area contributed by atoms with Gasteiger partial charge in [-0.05, 0) is 43.7 Å². The second kappa shape index (κ2) is 8.13. The second-order valence-electron chi connectivity index (χ2n) is 7.01. The number of carbonyl (C=O) groups excluding carboxylic acids is 2. The largest absolute Gasteiger partial charge is 0.508 e. The minimum atomic E-state index is -0.565. The summed E-state index contributed by atoms with van der Waals surface area (Å²) in [7, 11) is 0. The van der Waals surface area contributed by atoms with Crippen molar-refractivity contribution in [2.75, 3.05) is 13.1 Å². The third kappa shape index (κ3) is 3.98. The number of benzene rings is 1. The van der Waals surface area contributed by atoms with Gasteiger partial charge in [-0.2, -0.15) is 0 Å². The number of nitrogens with zero attached hydrogens (tertiary/aromatic N) is 1. The molecule has 1 aromatic rings. The lowest BCUT2D eigenvalue weighted by atomic mass is 9.85. The lowest BCUT2D eigenvalue weighted by molar-refractivity contribution is -0.137. The maximum atomic E-state index is 12.5. The molecule has 0 bridgehead atoms. The van der Waals surface area contributed by atoms with Crippen molar-refractivity contribution in [2.45, 2.75) is 49.8 Å². The van der Waals surface area contributed by atoms with Crippen LogP contribution < -0.4 is 5.32 Å². The SMILES string of the molecule is O=C[C@@H]1C[C@H](c2c(O)ccc(Cl)c2Cl)CCN1C(=O)CNC1CC(O)C1. The summed E-state index contributed by atoms with van der Waals surface area (Å²) in [6.07, 6.45) is 2.78. The number of halogens is 2. The average molecular weight is 401 g/mol. The van der Waals surface area contributed by atoms with Crippen LogP contribution in [0.4, 0.5) is 0 Å². The van der Waals surface area contributed by atoms with Crippen LogP contribution in [0.3, 0.4) is 0 Å². The number of nitrogens with one attached hydrogen (secondary N) is 1. The van der Waals surface area contributed by atoms with Crippen molar-refractivity contribution < 1.29 is 19.8 Å². The first-order valence-corrected chi connectivity index (χ1v) is 9.49. The third-order valence-corrected chi connectivity index (χ3v) is 6.11. The van der Waals surface area contributed by atoms with E-state index in [4.69, 9.17) is 23.2 Å². The van der Waals surface area contributed by atoms with Crippen LogP contribution in [-0.2, 0) is 9.59 Å². The molecule has 8 heteroatoms. The minimum Gasteiger partial charge on any atom is -0.508 e. The van der Waals surface area contributed by atoms with Crippen LogP contribution in [0, 0.1) is 0 Å². The molecule has 1 saturated carbocycles. The fourth-order valence-electron chi connectivity index (χ4n) is 3.73. The van der Waals surface area contributed by atoms with Gasteiger partial charge in [0.1, 0.15) is 12.0 Å². The molecule has 1 amide bonds. The molecule has 3 N–H and O–H groups in total. The Morgan fingerprint density at radius 1 is 1.31 bits per heavy atom. The highest BCUT2D eigenvalue weighted by Crippen LogP contribution is 2.42. The normalized spacial score (nSPS) is 28.5. The van der Waals surface area contributed by atoms with Gasteiger partial charge < -0.3 is 25.2 Å². The van der Waals surface area contributed by atoms with E-state index in [0.717, 1.165) is 6.29 Å². The topological polar surface area (TPSA) is 89.9 Å². The number of phenolic OH excluding ortho intramolecular Hbond substituents is 1. The number of aliphatic hydroxyl groups excluding tert-OH is 1. The molecule has 142 valence electrons. The fourth-order valence-corrected chi connectivity index (χ4v) is 4.21. The van der Waals surface area contributed by atoms with Gasteiger partial charge in [-0.1, -0.05) is 23.2 Å². The van der Waals surface area contributed by atoms with Crippen LogP contribution >= 0.6 is 23.2 Å². The summed E-state index contributed by atoms with van der Waals surface area (Å²) in [6.45, 7) is 0.555. The number of likely N-dealkylation sites (tertiary alicyclic amines) is 1. The van der Waals surface area contributed by atoms with Crippen molar-refractivity contribution in [3.63, 3.8) is 0 Å². The van der Waals surface area contributed by atoms with Gasteiger partial charge in [-0.3, -0.25) is 4.79 Å². The highest BCUT2D eigenvalue weighted by molar-refractivity contribution is 6.42. The van der Waals surface area contributed by atoms with E-state index in [2.05, 4.69) is 5.32 Å². The van der Waals surface area contributed by atoms with Crippen LogP contribution in [-0.4, -0.2) is 58.6 Å². The molecule has 2 atom stereocenters. The van der Waals surface area contributed by atoms with E-state index in [9.17, 15) is 19.8 Å². The maximum absolute atomic E-state index is 12.5. The number of amides is 1. The summed E-state index contributed by atoms with van der Waals surface area (Å²) in [5, 5.41) is 23.2. The Labute approximate surface area is 162 Å². The molecule has 2 fully saturated rings. The third-order valence-electron chi connectivity index (χ3n) is 5.30. The van der Waals surface area contributed by atoms with Crippen LogP contribution in [0.5, 0.6) is 5.75 Å². The van der Waals surface area contributed by atoms with Crippen LogP contribution in [0.25, 0.3) is 0 Å². The molecule has 0 radical (unpaired) electrons. The molecular weight excluding hydrogens is 379 g/mol. The maximum Gasteiger partial charge on any atom is 0.237 e. The number of hydrogen-bond acceptors (Lipinski definition) is 5. The molecule has 1 heterocycles. The molecule has 0 unspecified atom stereocenters. The predicted molar refractivity (Wildman–Crippen MR) is 98.7 cm³/mol. The van der Waals surface area contributed by atoms with Gasteiger partial charge in [0.2, 0.25) is 5.91 Å². The lowest BCUT2D eigenvalue weighted by Gasteiger charge is -2.38. The number of phenols is 1. The quantitative estimate of drug-likeness (QED) is 0.658. The van der Waals surface area contributed by atoms with Gasteiger partial charge in [0.15, 0.2) is 0 Å². The molecule has 1 aromatic carbocycles. The van der Waals surface area contributed by atoms with Crippen LogP contribution in [0.2, 0.25) is 10.0 Å². The van der Waals surface area contributed by atoms with Crippen molar-refractivity contribution in [3.05, 3.63) is 27.7 Å². The van der Waals surface area contributed by atoms with Gasteiger partial charge in [-0.25, -0.2) is 0 Å². The Kier molecular flexibility index (Phi) is 6.07. The van der Waals surface area contributed by atoms with E-state index in [-0.39, 0.29) is 36.3 Å². The Morgan fingerprint density at radius 2 is 2.04 bits per heavy atom. The van der Waals surface area contributed by atoms with Gasteiger partial charge in [0.25, 0.3) is 0 Å². The highest BCUT2D eigenvalue weighted by atomic mass is 35.5. The molecule has 0 aromatic heterocycles. The number of rotatable bonds is 5. The number of hydrogen-bond donors (Lipinski definition) is 3. The van der Waals surface area contributed by atoms with Crippen LogP contribution in [0.15, 0.2) is 12.1 Å². The monoisotopic (exact) mass is 400 g/mol. The van der Waals surface area contributed by atoms with Crippen molar-refractivity contribution in [1.82, 2.24) is 10.2 Å². The zero-order valence-electron chi connectivity index (χ0n) is 14.2. The van der Waals surface area contributed by atoms with Crippen LogP contribution in [0.1, 0.15) is 37.2 Å². The second-order valence-corrected chi connectivity index (χ2v) is 7.79. The summed E-state index contributed by atoms with van der Waals surface area (Å²) < 4.78 is 0. The molecule has 26 heavy (non-hydrogen) atoms. The van der Waals surface area contributed by atoms with Gasteiger partial charge in [0.05, 0.1) is 28.7 Å². The summed E-state index contributed by atoms with van der Waals surface area (Å²) in [5.41, 5.74) is 0.541. The lowest BCUT2D eigenvalue weighted by Crippen LogP contribution is -2.52. The van der Waals surface area contributed by atoms with Crippen molar-refractivity contribution >= 4 is 35.4 Å². The summed E-state index contributed by atoms with van der Waals surface area (Å²) in [6, 6.07) is 2.61. The Hall–Kier alpha value is -1.34. The van der Waals surface area contributed by atoms with Gasteiger partial charge >= 0.3 is 0 Å². The zero-order chi connectivity index (χ0) is 18.8. The first-order valence-electron chi connectivity index (χ1n) is 8.73. The van der Waals surface area contributed by atoms with E-state index < -0.39 is 6.04 Å². The summed E-state index contributed by atoms with van der Waals surface area (Å²) in [5.74, 6) is -0.224. The van der Waals surface area contributed by atoms with E-state index >= 15 is 0 Å². The fraction of sp³-hybridized carbons (Fsp3) is 0.556. The molecule has 2 aliphatic rings. The first kappa shape index (κ1) is 19.4. The van der Waals surface area contributed by atoms with Crippen molar-refractivity contribution in [1.29, 1.82) is 0 Å². The number of aromatic hydroxyl groups is 1. The zero-order valence-corrected chi connectivity index (χ0v) is 15.7. The van der Waals surface area contributed by atoms with E-state index in [0.29, 0.717) is 47.8 Å². The highest BCUT2D eigenvalue weighted by Gasteiger charge is 2.35. The van der Waals surface area contributed by atoms with E-state index in [1.165, 1.54) is 12.1 Å². The van der Waals surface area contributed by atoms with Gasteiger partial charge in [0, 0.05) is 18.2 Å². The predicted octanol–water partition coefficient (Wildman–Crippen LogP) is 2.09. The number of aliphatic hydroxyl groups is 1. The molecule has 1 saturated heterocycles. The summed E-state index contributed by atoms with van der Waals surface area (Å²) >= 11 is 12.3. The molecule has 1 aliphatic carbocycles. The Bertz CT molecular complexity index is 694. The number of aldehydes is 1. The molecule has 3 rings (SSSR count). The first-order chi connectivity index (χ1) is 12.4. The Balaban J connectivity index is 1.64. The molecule has 6 nitrogen and oxygen atoms in total. The van der Waals surface area contributed by atoms with Gasteiger partial charge in [-0.15, -0.1) is 0 Å².